The molecule has 0 aliphatic rings. The molecular formula is C11H13NO2S. The molecule has 15 heavy (non-hydrogen) atoms. The molecule has 0 aliphatic carbocycles. The zero-order valence-corrected chi connectivity index (χ0v) is 9.29. The lowest BCUT2D eigenvalue weighted by Crippen LogP contribution is -2.14. The molecular weight excluding hydrogens is 210 g/mol. The summed E-state index contributed by atoms with van der Waals surface area (Å²) < 4.78 is 0. The van der Waals surface area contributed by atoms with Crippen molar-refractivity contribution < 1.29 is 10.2 Å². The molecule has 0 aromatic heterocycles. The van der Waals surface area contributed by atoms with Crippen LogP contribution in [0.4, 0.5) is 0 Å². The molecule has 0 radical (unpaired) electrons. The highest BCUT2D eigenvalue weighted by molar-refractivity contribution is 7.99. The van der Waals surface area contributed by atoms with Gasteiger partial charge in [-0.25, -0.2) is 0 Å². The summed E-state index contributed by atoms with van der Waals surface area (Å²) in [6.07, 6.45) is -0.734. The minimum absolute atomic E-state index is 0.249. The van der Waals surface area contributed by atoms with Gasteiger partial charge >= 0.3 is 0 Å². The van der Waals surface area contributed by atoms with Gasteiger partial charge in [0.2, 0.25) is 0 Å². The van der Waals surface area contributed by atoms with Crippen LogP contribution in [-0.4, -0.2) is 28.7 Å². The maximum absolute atomic E-state index is 9.20. The molecule has 1 rings (SSSR count). The monoisotopic (exact) mass is 223 g/mol. The second-order valence-corrected chi connectivity index (χ2v) is 4.32. The second-order valence-electron chi connectivity index (χ2n) is 3.26. The summed E-state index contributed by atoms with van der Waals surface area (Å²) in [5.74, 6) is 0.397. The molecule has 0 bridgehead atoms. The van der Waals surface area contributed by atoms with Crippen molar-refractivity contribution in [1.82, 2.24) is 0 Å². The molecule has 1 aromatic carbocycles. The number of thioether (sulfide) groups is 1. The van der Waals surface area contributed by atoms with Gasteiger partial charge in [0.15, 0.2) is 0 Å². The first-order chi connectivity index (χ1) is 7.17. The minimum Gasteiger partial charge on any atom is -0.394 e. The Hall–Kier alpha value is -1.02. The number of nitrogens with zero attached hydrogens (tertiary/aromatic N) is 1. The van der Waals surface area contributed by atoms with Crippen molar-refractivity contribution in [3.8, 4) is 6.07 Å². The molecule has 0 amide bonds. The Morgan fingerprint density at radius 3 is 2.87 bits per heavy atom. The Bertz CT molecular complexity index is 373. The first-order valence-electron chi connectivity index (χ1n) is 4.60. The Balaban J connectivity index is 2.75. The normalized spacial score (nSPS) is 12.1. The van der Waals surface area contributed by atoms with Gasteiger partial charge in [0.1, 0.15) is 6.07 Å². The summed E-state index contributed by atoms with van der Waals surface area (Å²) in [6, 6.07) is 7.66. The maximum atomic E-state index is 9.20. The zero-order valence-electron chi connectivity index (χ0n) is 8.47. The van der Waals surface area contributed by atoms with E-state index in [-0.39, 0.29) is 6.61 Å². The van der Waals surface area contributed by atoms with E-state index >= 15 is 0 Å². The van der Waals surface area contributed by atoms with E-state index in [1.807, 2.05) is 19.1 Å². The van der Waals surface area contributed by atoms with Gasteiger partial charge in [-0.15, -0.1) is 11.8 Å². The largest absolute Gasteiger partial charge is 0.394 e. The van der Waals surface area contributed by atoms with Crippen LogP contribution in [0.5, 0.6) is 0 Å². The molecule has 1 aromatic rings. The summed E-state index contributed by atoms with van der Waals surface area (Å²) in [7, 11) is 0. The molecule has 0 spiro atoms. The van der Waals surface area contributed by atoms with Crippen molar-refractivity contribution in [2.45, 2.75) is 17.9 Å². The summed E-state index contributed by atoms with van der Waals surface area (Å²) in [5.41, 5.74) is 1.69. The number of hydrogen-bond acceptors (Lipinski definition) is 4. The predicted molar refractivity (Wildman–Crippen MR) is 59.7 cm³/mol. The topological polar surface area (TPSA) is 64.2 Å². The molecule has 80 valence electrons. The van der Waals surface area contributed by atoms with E-state index in [2.05, 4.69) is 6.07 Å². The van der Waals surface area contributed by atoms with Crippen LogP contribution in [0.3, 0.4) is 0 Å². The van der Waals surface area contributed by atoms with E-state index in [0.29, 0.717) is 11.3 Å². The smallest absolute Gasteiger partial charge is 0.100 e. The third kappa shape index (κ3) is 3.56. The van der Waals surface area contributed by atoms with E-state index in [1.54, 1.807) is 6.07 Å². The first-order valence-corrected chi connectivity index (χ1v) is 5.58. The quantitative estimate of drug-likeness (QED) is 0.755. The predicted octanol–water partition coefficient (Wildman–Crippen LogP) is 1.31. The highest BCUT2D eigenvalue weighted by atomic mass is 32.2. The van der Waals surface area contributed by atoms with Crippen molar-refractivity contribution in [3.05, 3.63) is 29.3 Å². The summed E-state index contributed by atoms with van der Waals surface area (Å²) in [5, 5.41) is 26.7. The van der Waals surface area contributed by atoms with Gasteiger partial charge in [0.25, 0.3) is 0 Å². The summed E-state index contributed by atoms with van der Waals surface area (Å²) >= 11 is 1.39. The van der Waals surface area contributed by atoms with Gasteiger partial charge in [0, 0.05) is 10.6 Å². The van der Waals surface area contributed by atoms with Gasteiger partial charge in [0.05, 0.1) is 18.3 Å². The maximum Gasteiger partial charge on any atom is 0.100 e. The minimum atomic E-state index is -0.734. The standard InChI is InChI=1S/C11H13NO2S/c1-8-2-3-9(5-12)11(4-8)15-7-10(14)6-13/h2-4,10,13-14H,6-7H2,1H3. The zero-order chi connectivity index (χ0) is 11.3. The molecule has 0 fully saturated rings. The van der Waals surface area contributed by atoms with E-state index in [4.69, 9.17) is 10.4 Å². The molecule has 4 heteroatoms. The number of aliphatic hydroxyl groups is 2. The van der Waals surface area contributed by atoms with Crippen molar-refractivity contribution in [1.29, 1.82) is 5.26 Å². The number of hydrogen-bond donors (Lipinski definition) is 2. The van der Waals surface area contributed by atoms with Crippen LogP contribution in [0.2, 0.25) is 0 Å². The van der Waals surface area contributed by atoms with Crippen molar-refractivity contribution in [2.75, 3.05) is 12.4 Å². The first kappa shape index (κ1) is 12.1. The van der Waals surface area contributed by atoms with Gasteiger partial charge < -0.3 is 10.2 Å². The van der Waals surface area contributed by atoms with Crippen molar-refractivity contribution >= 4 is 11.8 Å². The highest BCUT2D eigenvalue weighted by Gasteiger charge is 2.07. The lowest BCUT2D eigenvalue weighted by molar-refractivity contribution is 0.113. The number of rotatable bonds is 4. The van der Waals surface area contributed by atoms with E-state index in [0.717, 1.165) is 10.5 Å². The van der Waals surface area contributed by atoms with Crippen LogP contribution < -0.4 is 0 Å². The van der Waals surface area contributed by atoms with Crippen molar-refractivity contribution in [3.63, 3.8) is 0 Å². The van der Waals surface area contributed by atoms with E-state index in [9.17, 15) is 5.11 Å². The third-order valence-electron chi connectivity index (χ3n) is 1.90. The molecule has 0 saturated heterocycles. The highest BCUT2D eigenvalue weighted by Crippen LogP contribution is 2.24. The van der Waals surface area contributed by atoms with Crippen LogP contribution in [0.15, 0.2) is 23.1 Å². The van der Waals surface area contributed by atoms with Gasteiger partial charge in [-0.3, -0.25) is 0 Å². The average Bonchev–Trinajstić information content (AvgIpc) is 2.26. The molecule has 0 heterocycles. The lowest BCUT2D eigenvalue weighted by atomic mass is 10.2. The Kier molecular flexibility index (Phi) is 4.63. The second kappa shape index (κ2) is 5.76. The van der Waals surface area contributed by atoms with Crippen LogP contribution >= 0.6 is 11.8 Å². The Morgan fingerprint density at radius 1 is 1.53 bits per heavy atom. The SMILES string of the molecule is Cc1ccc(C#N)c(SCC(O)CO)c1. The van der Waals surface area contributed by atoms with Gasteiger partial charge in [-0.1, -0.05) is 6.07 Å². The van der Waals surface area contributed by atoms with Crippen LogP contribution in [-0.2, 0) is 0 Å². The summed E-state index contributed by atoms with van der Waals surface area (Å²) in [4.78, 5) is 0.852. The fourth-order valence-corrected chi connectivity index (χ4v) is 2.10. The number of nitriles is 1. The van der Waals surface area contributed by atoms with Crippen molar-refractivity contribution in [2.24, 2.45) is 0 Å². The number of aliphatic hydroxyl groups excluding tert-OH is 2. The molecule has 1 unspecified atom stereocenters. The van der Waals surface area contributed by atoms with Crippen LogP contribution in [0.25, 0.3) is 0 Å². The molecule has 0 aliphatic heterocycles. The third-order valence-corrected chi connectivity index (χ3v) is 3.10. The fraction of sp³-hybridized carbons (Fsp3) is 0.364. The number of aryl methyl sites for hydroxylation is 1. The van der Waals surface area contributed by atoms with Crippen LogP contribution in [0.1, 0.15) is 11.1 Å². The molecule has 0 saturated carbocycles. The van der Waals surface area contributed by atoms with Crippen LogP contribution in [0, 0.1) is 18.3 Å². The average molecular weight is 223 g/mol. The molecule has 3 nitrogen and oxygen atoms in total. The molecule has 2 N–H and O–H groups in total. The Labute approximate surface area is 93.4 Å². The van der Waals surface area contributed by atoms with E-state index in [1.165, 1.54) is 11.8 Å². The fourth-order valence-electron chi connectivity index (χ4n) is 1.08. The number of benzene rings is 1. The lowest BCUT2D eigenvalue weighted by Gasteiger charge is -2.08. The Morgan fingerprint density at radius 2 is 2.27 bits per heavy atom. The van der Waals surface area contributed by atoms with E-state index < -0.39 is 6.10 Å². The van der Waals surface area contributed by atoms with Gasteiger partial charge in [-0.2, -0.15) is 5.26 Å². The summed E-state index contributed by atoms with van der Waals surface area (Å²) in [6.45, 7) is 1.70. The molecule has 1 atom stereocenters. The van der Waals surface area contributed by atoms with Gasteiger partial charge in [-0.05, 0) is 24.6 Å².